The second-order valence-corrected chi connectivity index (χ2v) is 4.28. The molecule has 1 atom stereocenters. The molecule has 0 aliphatic heterocycles. The van der Waals surface area contributed by atoms with Gasteiger partial charge in [0, 0.05) is 0 Å². The van der Waals surface area contributed by atoms with Crippen LogP contribution in [0, 0.1) is 22.6 Å². The number of nitrogens with zero attached hydrogens (tertiary/aromatic N) is 1. The number of halogens is 2. The number of carbonyl (C=O) groups excluding carboxylic acids is 1. The first kappa shape index (κ1) is 13.5. The molecule has 0 aromatic heterocycles. The average molecular weight is 255 g/mol. The average Bonchev–Trinajstić information content (AvgIpc) is 2.31. The van der Waals surface area contributed by atoms with Crippen molar-refractivity contribution >= 4 is 23.2 Å². The van der Waals surface area contributed by atoms with E-state index in [9.17, 15) is 9.18 Å². The van der Waals surface area contributed by atoms with Crippen molar-refractivity contribution in [2.45, 2.75) is 20.3 Å². The van der Waals surface area contributed by atoms with Crippen LogP contribution in [0.4, 0.5) is 10.1 Å². The van der Waals surface area contributed by atoms with E-state index in [4.69, 9.17) is 16.9 Å². The lowest BCUT2D eigenvalue weighted by Gasteiger charge is -2.18. The maximum Gasteiger partial charge on any atom is 0.244 e. The Kier molecular flexibility index (Phi) is 4.08. The second kappa shape index (κ2) is 5.15. The Labute approximate surface area is 104 Å². The molecule has 3 nitrogen and oxygen atoms in total. The van der Waals surface area contributed by atoms with Crippen molar-refractivity contribution in [3.8, 4) is 6.07 Å². The minimum atomic E-state index is -1.11. The standard InChI is InChI=1S/C12H12ClFN2O/c1-3-12(2,7-15)11(17)16-10-5-4-8(14)6-9(10)13/h4-6H,3H2,1-2H3,(H,16,17). The van der Waals surface area contributed by atoms with Crippen LogP contribution in [-0.4, -0.2) is 5.91 Å². The number of nitriles is 1. The molecule has 1 rings (SSSR count). The molecule has 1 N–H and O–H groups in total. The quantitative estimate of drug-likeness (QED) is 0.899. The number of rotatable bonds is 3. The molecule has 0 radical (unpaired) electrons. The number of benzene rings is 1. The van der Waals surface area contributed by atoms with Gasteiger partial charge in [-0.15, -0.1) is 0 Å². The third kappa shape index (κ3) is 2.95. The zero-order valence-corrected chi connectivity index (χ0v) is 10.3. The number of hydrogen-bond acceptors (Lipinski definition) is 2. The summed E-state index contributed by atoms with van der Waals surface area (Å²) in [6, 6.07) is 5.61. The van der Waals surface area contributed by atoms with Crippen molar-refractivity contribution < 1.29 is 9.18 Å². The lowest BCUT2D eigenvalue weighted by Crippen LogP contribution is -2.31. The predicted molar refractivity (Wildman–Crippen MR) is 64.1 cm³/mol. The maximum atomic E-state index is 12.8. The van der Waals surface area contributed by atoms with E-state index in [2.05, 4.69) is 5.32 Å². The van der Waals surface area contributed by atoms with E-state index in [-0.39, 0.29) is 5.02 Å². The number of carbonyl (C=O) groups is 1. The van der Waals surface area contributed by atoms with E-state index in [1.807, 2.05) is 6.07 Å². The van der Waals surface area contributed by atoms with E-state index < -0.39 is 17.1 Å². The van der Waals surface area contributed by atoms with Gasteiger partial charge in [-0.3, -0.25) is 4.79 Å². The van der Waals surface area contributed by atoms with Crippen LogP contribution >= 0.6 is 11.6 Å². The van der Waals surface area contributed by atoms with Gasteiger partial charge in [-0.05, 0) is 31.5 Å². The summed E-state index contributed by atoms with van der Waals surface area (Å²) in [4.78, 5) is 11.8. The van der Waals surface area contributed by atoms with Crippen molar-refractivity contribution in [1.29, 1.82) is 5.26 Å². The summed E-state index contributed by atoms with van der Waals surface area (Å²) in [7, 11) is 0. The highest BCUT2D eigenvalue weighted by atomic mass is 35.5. The molecule has 17 heavy (non-hydrogen) atoms. The number of hydrogen-bond donors (Lipinski definition) is 1. The third-order valence-electron chi connectivity index (χ3n) is 2.63. The molecule has 90 valence electrons. The SMILES string of the molecule is CCC(C)(C#N)C(=O)Nc1ccc(F)cc1Cl. The normalized spacial score (nSPS) is 13.6. The molecule has 0 fully saturated rings. The van der Waals surface area contributed by atoms with Crippen LogP contribution in [-0.2, 0) is 4.79 Å². The fraction of sp³-hybridized carbons (Fsp3) is 0.333. The van der Waals surface area contributed by atoms with Gasteiger partial charge in [-0.2, -0.15) is 5.26 Å². The van der Waals surface area contributed by atoms with Crippen LogP contribution in [0.15, 0.2) is 18.2 Å². The van der Waals surface area contributed by atoms with Crippen LogP contribution in [0.25, 0.3) is 0 Å². The van der Waals surface area contributed by atoms with Crippen molar-refractivity contribution in [2.24, 2.45) is 5.41 Å². The summed E-state index contributed by atoms with van der Waals surface area (Å²) < 4.78 is 12.8. The van der Waals surface area contributed by atoms with Crippen molar-refractivity contribution in [2.75, 3.05) is 5.32 Å². The first-order chi connectivity index (χ1) is 7.92. The van der Waals surface area contributed by atoms with E-state index in [1.165, 1.54) is 12.1 Å². The largest absolute Gasteiger partial charge is 0.323 e. The Morgan fingerprint density at radius 1 is 1.65 bits per heavy atom. The zero-order valence-electron chi connectivity index (χ0n) is 9.55. The van der Waals surface area contributed by atoms with Gasteiger partial charge < -0.3 is 5.32 Å². The fourth-order valence-electron chi connectivity index (χ4n) is 1.14. The Balaban J connectivity index is 2.93. The molecule has 0 saturated carbocycles. The fourth-order valence-corrected chi connectivity index (χ4v) is 1.36. The minimum Gasteiger partial charge on any atom is -0.323 e. The molecule has 0 aliphatic rings. The summed E-state index contributed by atoms with van der Waals surface area (Å²) in [5, 5.41) is 11.6. The van der Waals surface area contributed by atoms with Gasteiger partial charge in [0.05, 0.1) is 16.8 Å². The van der Waals surface area contributed by atoms with Crippen LogP contribution < -0.4 is 5.32 Å². The van der Waals surface area contributed by atoms with Crippen LogP contribution in [0.2, 0.25) is 5.02 Å². The Hall–Kier alpha value is -1.60. The number of anilines is 1. The van der Waals surface area contributed by atoms with Crippen LogP contribution in [0.1, 0.15) is 20.3 Å². The third-order valence-corrected chi connectivity index (χ3v) is 2.95. The van der Waals surface area contributed by atoms with E-state index >= 15 is 0 Å². The molecule has 0 aliphatic carbocycles. The predicted octanol–water partition coefficient (Wildman–Crippen LogP) is 3.36. The summed E-state index contributed by atoms with van der Waals surface area (Å²) in [6.07, 6.45) is 0.383. The monoisotopic (exact) mass is 254 g/mol. The molecule has 1 amide bonds. The molecule has 0 spiro atoms. The Bertz CT molecular complexity index is 484. The molecule has 0 saturated heterocycles. The lowest BCUT2D eigenvalue weighted by atomic mass is 9.88. The van der Waals surface area contributed by atoms with Gasteiger partial charge in [0.2, 0.25) is 5.91 Å². The highest BCUT2D eigenvalue weighted by molar-refractivity contribution is 6.33. The molecule has 0 bridgehead atoms. The first-order valence-electron chi connectivity index (χ1n) is 5.10. The van der Waals surface area contributed by atoms with E-state index in [1.54, 1.807) is 13.8 Å². The molecule has 1 aromatic carbocycles. The topological polar surface area (TPSA) is 52.9 Å². The van der Waals surface area contributed by atoms with Gasteiger partial charge >= 0.3 is 0 Å². The summed E-state index contributed by atoms with van der Waals surface area (Å²) in [6.45, 7) is 3.29. The lowest BCUT2D eigenvalue weighted by molar-refractivity contribution is -0.122. The second-order valence-electron chi connectivity index (χ2n) is 3.88. The van der Waals surface area contributed by atoms with E-state index in [0.717, 1.165) is 6.07 Å². The molecular weight excluding hydrogens is 243 g/mol. The Morgan fingerprint density at radius 2 is 2.29 bits per heavy atom. The molecule has 5 heteroatoms. The maximum absolute atomic E-state index is 12.8. The number of nitrogens with one attached hydrogen (secondary N) is 1. The zero-order chi connectivity index (χ0) is 13.1. The summed E-state index contributed by atoms with van der Waals surface area (Å²) in [5.74, 6) is -0.928. The van der Waals surface area contributed by atoms with Crippen LogP contribution in [0.5, 0.6) is 0 Å². The van der Waals surface area contributed by atoms with Gasteiger partial charge in [0.15, 0.2) is 0 Å². The Morgan fingerprint density at radius 3 is 2.76 bits per heavy atom. The van der Waals surface area contributed by atoms with Crippen molar-refractivity contribution in [3.05, 3.63) is 29.0 Å². The van der Waals surface area contributed by atoms with Gasteiger partial charge in [0.25, 0.3) is 0 Å². The molecular formula is C12H12ClFN2O. The molecule has 0 heterocycles. The van der Waals surface area contributed by atoms with Gasteiger partial charge in [-0.25, -0.2) is 4.39 Å². The summed E-state index contributed by atoms with van der Waals surface area (Å²) >= 11 is 5.77. The number of amides is 1. The smallest absolute Gasteiger partial charge is 0.244 e. The van der Waals surface area contributed by atoms with Gasteiger partial charge in [-0.1, -0.05) is 18.5 Å². The molecule has 1 aromatic rings. The highest BCUT2D eigenvalue weighted by Gasteiger charge is 2.31. The minimum absolute atomic E-state index is 0.106. The van der Waals surface area contributed by atoms with Crippen molar-refractivity contribution in [3.63, 3.8) is 0 Å². The first-order valence-corrected chi connectivity index (χ1v) is 5.48. The van der Waals surface area contributed by atoms with E-state index in [0.29, 0.717) is 12.1 Å². The highest BCUT2D eigenvalue weighted by Crippen LogP contribution is 2.26. The van der Waals surface area contributed by atoms with Gasteiger partial charge in [0.1, 0.15) is 11.2 Å². The molecule has 1 unspecified atom stereocenters. The summed E-state index contributed by atoms with van der Waals surface area (Å²) in [5.41, 5.74) is -0.814. The van der Waals surface area contributed by atoms with Crippen LogP contribution in [0.3, 0.4) is 0 Å². The van der Waals surface area contributed by atoms with Crippen molar-refractivity contribution in [1.82, 2.24) is 0 Å².